The third-order valence-corrected chi connectivity index (χ3v) is 3.68. The van der Waals surface area contributed by atoms with Crippen LogP contribution in [0, 0.1) is 0 Å². The van der Waals surface area contributed by atoms with Gasteiger partial charge in [-0.25, -0.2) is 0 Å². The van der Waals surface area contributed by atoms with Gasteiger partial charge in [0, 0.05) is 12.3 Å². The topological polar surface area (TPSA) is 53.1 Å². The first-order chi connectivity index (χ1) is 8.10. The van der Waals surface area contributed by atoms with Gasteiger partial charge in [-0.05, 0) is 11.7 Å². The third-order valence-electron chi connectivity index (χ3n) is 2.46. The van der Waals surface area contributed by atoms with Crippen LogP contribution in [0.5, 0.6) is 5.75 Å². The summed E-state index contributed by atoms with van der Waals surface area (Å²) in [4.78, 5) is 0. The quantitative estimate of drug-likeness (QED) is 0.815. The average Bonchev–Trinajstić information content (AvgIpc) is 2.69. The number of thioether (sulfide) groups is 1. The van der Waals surface area contributed by atoms with E-state index in [2.05, 4.69) is 25.9 Å². The summed E-state index contributed by atoms with van der Waals surface area (Å²) in [5.41, 5.74) is 7.25. The highest BCUT2D eigenvalue weighted by molar-refractivity contribution is 7.99. The molecule has 0 fully saturated rings. The van der Waals surface area contributed by atoms with E-state index in [0.29, 0.717) is 5.25 Å². The number of rotatable bonds is 7. The predicted molar refractivity (Wildman–Crippen MR) is 73.6 cm³/mol. The SMILES string of the molecule is CCCn1ncc(OC)c1C(N)CSC(C)C. The fraction of sp³-hybridized carbons (Fsp3) is 0.750. The van der Waals surface area contributed by atoms with Crippen molar-refractivity contribution in [3.05, 3.63) is 11.9 Å². The Kier molecular flexibility index (Phi) is 5.85. The van der Waals surface area contributed by atoms with Gasteiger partial charge >= 0.3 is 0 Å². The van der Waals surface area contributed by atoms with Crippen molar-refractivity contribution in [2.75, 3.05) is 12.9 Å². The van der Waals surface area contributed by atoms with Crippen LogP contribution in [0.15, 0.2) is 6.20 Å². The number of aromatic nitrogens is 2. The Morgan fingerprint density at radius 3 is 2.76 bits per heavy atom. The molecule has 0 radical (unpaired) electrons. The zero-order valence-corrected chi connectivity index (χ0v) is 12.0. The van der Waals surface area contributed by atoms with Crippen LogP contribution in [0.2, 0.25) is 0 Å². The van der Waals surface area contributed by atoms with Crippen LogP contribution in [0.1, 0.15) is 38.9 Å². The maximum Gasteiger partial charge on any atom is 0.161 e. The van der Waals surface area contributed by atoms with E-state index in [9.17, 15) is 0 Å². The number of ether oxygens (including phenoxy) is 1. The van der Waals surface area contributed by atoms with E-state index in [-0.39, 0.29) is 6.04 Å². The monoisotopic (exact) mass is 257 g/mol. The lowest BCUT2D eigenvalue weighted by atomic mass is 10.2. The summed E-state index contributed by atoms with van der Waals surface area (Å²) in [5.74, 6) is 1.69. The van der Waals surface area contributed by atoms with E-state index in [1.54, 1.807) is 13.3 Å². The van der Waals surface area contributed by atoms with Crippen molar-refractivity contribution in [2.24, 2.45) is 5.73 Å². The largest absolute Gasteiger partial charge is 0.493 e. The van der Waals surface area contributed by atoms with Gasteiger partial charge in [-0.3, -0.25) is 4.68 Å². The van der Waals surface area contributed by atoms with E-state index in [1.165, 1.54) is 0 Å². The van der Waals surface area contributed by atoms with Crippen molar-refractivity contribution < 1.29 is 4.74 Å². The highest BCUT2D eigenvalue weighted by atomic mass is 32.2. The lowest BCUT2D eigenvalue weighted by molar-refractivity contribution is 0.403. The Labute approximate surface area is 108 Å². The summed E-state index contributed by atoms with van der Waals surface area (Å²) in [6.07, 6.45) is 2.80. The number of nitrogens with zero attached hydrogens (tertiary/aromatic N) is 2. The molecule has 1 aromatic heterocycles. The van der Waals surface area contributed by atoms with Gasteiger partial charge in [-0.1, -0.05) is 20.8 Å². The molecule has 1 aromatic rings. The lowest BCUT2D eigenvalue weighted by Gasteiger charge is -2.16. The predicted octanol–water partition coefficient (Wildman–Crippen LogP) is 2.44. The minimum atomic E-state index is -0.0219. The van der Waals surface area contributed by atoms with Gasteiger partial charge in [0.25, 0.3) is 0 Å². The second-order valence-corrected chi connectivity index (χ2v) is 5.92. The molecule has 0 saturated heterocycles. The summed E-state index contributed by atoms with van der Waals surface area (Å²) < 4.78 is 7.29. The molecule has 4 nitrogen and oxygen atoms in total. The van der Waals surface area contributed by atoms with E-state index in [1.807, 2.05) is 16.4 Å². The van der Waals surface area contributed by atoms with Crippen LogP contribution in [-0.2, 0) is 6.54 Å². The minimum absolute atomic E-state index is 0.0219. The molecule has 1 heterocycles. The Bertz CT molecular complexity index is 338. The van der Waals surface area contributed by atoms with Crippen LogP contribution < -0.4 is 10.5 Å². The minimum Gasteiger partial charge on any atom is -0.493 e. The first kappa shape index (κ1) is 14.4. The lowest BCUT2D eigenvalue weighted by Crippen LogP contribution is -2.20. The van der Waals surface area contributed by atoms with Crippen LogP contribution in [-0.4, -0.2) is 27.9 Å². The zero-order valence-electron chi connectivity index (χ0n) is 11.1. The number of methoxy groups -OCH3 is 1. The van der Waals surface area contributed by atoms with Crippen LogP contribution in [0.4, 0.5) is 0 Å². The molecule has 0 saturated carbocycles. The molecule has 0 bridgehead atoms. The summed E-state index contributed by atoms with van der Waals surface area (Å²) in [7, 11) is 1.67. The first-order valence-electron chi connectivity index (χ1n) is 6.07. The van der Waals surface area contributed by atoms with Crippen molar-refractivity contribution in [1.82, 2.24) is 9.78 Å². The summed E-state index contributed by atoms with van der Waals surface area (Å²) in [6, 6.07) is -0.0219. The van der Waals surface area contributed by atoms with E-state index >= 15 is 0 Å². The summed E-state index contributed by atoms with van der Waals surface area (Å²) in [5, 5.41) is 4.92. The molecule has 0 aliphatic heterocycles. The van der Waals surface area contributed by atoms with Gasteiger partial charge in [0.2, 0.25) is 0 Å². The van der Waals surface area contributed by atoms with E-state index in [4.69, 9.17) is 10.5 Å². The van der Waals surface area contributed by atoms with Crippen molar-refractivity contribution >= 4 is 11.8 Å². The highest BCUT2D eigenvalue weighted by Gasteiger charge is 2.18. The second-order valence-electron chi connectivity index (χ2n) is 4.31. The number of aryl methyl sites for hydroxylation is 1. The zero-order chi connectivity index (χ0) is 12.8. The fourth-order valence-electron chi connectivity index (χ4n) is 1.67. The average molecular weight is 257 g/mol. The molecule has 5 heteroatoms. The number of nitrogens with two attached hydrogens (primary N) is 1. The highest BCUT2D eigenvalue weighted by Crippen LogP contribution is 2.27. The first-order valence-corrected chi connectivity index (χ1v) is 7.11. The van der Waals surface area contributed by atoms with Gasteiger partial charge < -0.3 is 10.5 Å². The van der Waals surface area contributed by atoms with Crippen molar-refractivity contribution in [2.45, 2.75) is 45.0 Å². The Morgan fingerprint density at radius 2 is 2.24 bits per heavy atom. The Morgan fingerprint density at radius 1 is 1.53 bits per heavy atom. The molecule has 0 aliphatic rings. The molecule has 2 N–H and O–H groups in total. The molecule has 0 aromatic carbocycles. The van der Waals surface area contributed by atoms with Crippen LogP contribution in [0.25, 0.3) is 0 Å². The van der Waals surface area contributed by atoms with Gasteiger partial charge in [-0.2, -0.15) is 16.9 Å². The second kappa shape index (κ2) is 6.91. The fourth-order valence-corrected chi connectivity index (χ4v) is 2.42. The van der Waals surface area contributed by atoms with Gasteiger partial charge in [0.15, 0.2) is 5.75 Å². The van der Waals surface area contributed by atoms with Crippen LogP contribution >= 0.6 is 11.8 Å². The van der Waals surface area contributed by atoms with Crippen molar-refractivity contribution in [1.29, 1.82) is 0 Å². The van der Waals surface area contributed by atoms with E-state index < -0.39 is 0 Å². The van der Waals surface area contributed by atoms with E-state index in [0.717, 1.165) is 30.2 Å². The molecule has 17 heavy (non-hydrogen) atoms. The third kappa shape index (κ3) is 3.92. The standard InChI is InChI=1S/C12H23N3OS/c1-5-6-15-12(11(16-4)7-14-15)10(13)8-17-9(2)3/h7,9-10H,5-6,8,13H2,1-4H3. The normalized spacial score (nSPS) is 13.1. The molecule has 0 spiro atoms. The molecular formula is C12H23N3OS. The van der Waals surface area contributed by atoms with Gasteiger partial charge in [-0.15, -0.1) is 0 Å². The summed E-state index contributed by atoms with van der Waals surface area (Å²) in [6.45, 7) is 7.38. The maximum absolute atomic E-state index is 6.23. The van der Waals surface area contributed by atoms with Gasteiger partial charge in [0.1, 0.15) is 0 Å². The van der Waals surface area contributed by atoms with Crippen molar-refractivity contribution in [3.8, 4) is 5.75 Å². The Balaban J connectivity index is 2.80. The number of hydrogen-bond acceptors (Lipinski definition) is 4. The molecule has 0 aliphatic carbocycles. The molecule has 1 unspecified atom stereocenters. The smallest absolute Gasteiger partial charge is 0.161 e. The molecule has 1 atom stereocenters. The van der Waals surface area contributed by atoms with Crippen molar-refractivity contribution in [3.63, 3.8) is 0 Å². The molecular weight excluding hydrogens is 234 g/mol. The van der Waals surface area contributed by atoms with Crippen LogP contribution in [0.3, 0.4) is 0 Å². The Hall–Kier alpha value is -0.680. The molecule has 98 valence electrons. The molecule has 0 amide bonds. The number of hydrogen-bond donors (Lipinski definition) is 1. The van der Waals surface area contributed by atoms with Gasteiger partial charge in [0.05, 0.1) is 25.0 Å². The molecule has 1 rings (SSSR count). The maximum atomic E-state index is 6.23. The summed E-state index contributed by atoms with van der Waals surface area (Å²) >= 11 is 1.86.